The van der Waals surface area contributed by atoms with E-state index in [-0.39, 0.29) is 0 Å². The molecular weight excluding hydrogens is 236 g/mol. The van der Waals surface area contributed by atoms with Crippen LogP contribution in [0.3, 0.4) is 0 Å². The molecule has 1 unspecified atom stereocenters. The SMILES string of the molecule is CN(C)c1cccc2c(NS(=O)[O-])cccc12. The molecule has 0 saturated heterocycles. The van der Waals surface area contributed by atoms with E-state index in [1.54, 1.807) is 6.07 Å². The third-order valence-electron chi connectivity index (χ3n) is 2.57. The Morgan fingerprint density at radius 1 is 1.12 bits per heavy atom. The van der Waals surface area contributed by atoms with Crippen molar-refractivity contribution in [3.05, 3.63) is 36.4 Å². The van der Waals surface area contributed by atoms with Gasteiger partial charge in [-0.2, -0.15) is 0 Å². The zero-order chi connectivity index (χ0) is 12.4. The van der Waals surface area contributed by atoms with E-state index in [1.807, 2.05) is 49.3 Å². The quantitative estimate of drug-likeness (QED) is 0.848. The zero-order valence-corrected chi connectivity index (χ0v) is 10.5. The third kappa shape index (κ3) is 2.40. The van der Waals surface area contributed by atoms with Crippen LogP contribution in [0.5, 0.6) is 0 Å². The second-order valence-corrected chi connectivity index (χ2v) is 4.58. The molecule has 2 aromatic carbocycles. The number of rotatable bonds is 3. The Morgan fingerprint density at radius 2 is 1.76 bits per heavy atom. The van der Waals surface area contributed by atoms with Crippen LogP contribution in [0.15, 0.2) is 36.4 Å². The number of fused-ring (bicyclic) bond motifs is 1. The van der Waals surface area contributed by atoms with Gasteiger partial charge in [0.1, 0.15) is 0 Å². The van der Waals surface area contributed by atoms with E-state index in [0.29, 0.717) is 5.69 Å². The molecule has 1 N–H and O–H groups in total. The van der Waals surface area contributed by atoms with Crippen molar-refractivity contribution in [2.24, 2.45) is 0 Å². The summed E-state index contributed by atoms with van der Waals surface area (Å²) in [5.41, 5.74) is 1.65. The molecule has 5 heteroatoms. The van der Waals surface area contributed by atoms with Crippen LogP contribution in [0.1, 0.15) is 0 Å². The molecule has 0 fully saturated rings. The zero-order valence-electron chi connectivity index (χ0n) is 9.64. The molecule has 0 bridgehead atoms. The molecule has 0 spiro atoms. The van der Waals surface area contributed by atoms with E-state index in [9.17, 15) is 8.76 Å². The van der Waals surface area contributed by atoms with Crippen LogP contribution >= 0.6 is 0 Å². The van der Waals surface area contributed by atoms with Crippen molar-refractivity contribution in [2.45, 2.75) is 0 Å². The molecule has 0 aliphatic heterocycles. The molecule has 0 radical (unpaired) electrons. The van der Waals surface area contributed by atoms with Gasteiger partial charge < -0.3 is 14.2 Å². The Bertz CT molecular complexity index is 569. The molecule has 0 aliphatic rings. The molecule has 0 aliphatic carbocycles. The van der Waals surface area contributed by atoms with Gasteiger partial charge in [-0.15, -0.1) is 0 Å². The number of hydrogen-bond donors (Lipinski definition) is 1. The molecule has 4 nitrogen and oxygen atoms in total. The van der Waals surface area contributed by atoms with E-state index in [1.165, 1.54) is 0 Å². The van der Waals surface area contributed by atoms with Gasteiger partial charge in [0.05, 0.1) is 5.69 Å². The van der Waals surface area contributed by atoms with Gasteiger partial charge in [0.2, 0.25) is 0 Å². The van der Waals surface area contributed by atoms with Crippen molar-refractivity contribution in [1.82, 2.24) is 0 Å². The minimum absolute atomic E-state index is 0.597. The fraction of sp³-hybridized carbons (Fsp3) is 0.167. The Labute approximate surface area is 103 Å². The van der Waals surface area contributed by atoms with E-state index >= 15 is 0 Å². The lowest BCUT2D eigenvalue weighted by Crippen LogP contribution is -2.09. The first-order valence-corrected chi connectivity index (χ1v) is 6.22. The van der Waals surface area contributed by atoms with Crippen molar-refractivity contribution >= 4 is 33.4 Å². The van der Waals surface area contributed by atoms with Gasteiger partial charge in [0.15, 0.2) is 0 Å². The van der Waals surface area contributed by atoms with Gasteiger partial charge in [0, 0.05) is 41.8 Å². The second kappa shape index (κ2) is 4.73. The van der Waals surface area contributed by atoms with Gasteiger partial charge in [-0.25, -0.2) is 0 Å². The molecule has 0 heterocycles. The molecule has 0 amide bonds. The lowest BCUT2D eigenvalue weighted by molar-refractivity contribution is 0.542. The van der Waals surface area contributed by atoms with Crippen LogP contribution in [0.4, 0.5) is 11.4 Å². The standard InChI is InChI=1S/C12H14N2O2S/c1-14(2)12-8-4-5-9-10(12)6-3-7-11(9)13-17(15)16/h3-8,13H,1-2H3,(H,15,16)/p-1. The average Bonchev–Trinajstić information content (AvgIpc) is 2.28. The highest BCUT2D eigenvalue weighted by atomic mass is 32.2. The van der Waals surface area contributed by atoms with Crippen LogP contribution in [-0.2, 0) is 11.3 Å². The number of nitrogens with zero attached hydrogens (tertiary/aromatic N) is 1. The van der Waals surface area contributed by atoms with E-state index in [4.69, 9.17) is 0 Å². The average molecular weight is 249 g/mol. The van der Waals surface area contributed by atoms with E-state index in [2.05, 4.69) is 4.72 Å². The van der Waals surface area contributed by atoms with Crippen molar-refractivity contribution in [3.8, 4) is 0 Å². The largest absolute Gasteiger partial charge is 0.755 e. The molecule has 90 valence electrons. The Kier molecular flexibility index (Phi) is 3.31. The van der Waals surface area contributed by atoms with Crippen molar-refractivity contribution in [2.75, 3.05) is 23.7 Å². The summed E-state index contributed by atoms with van der Waals surface area (Å²) in [4.78, 5) is 2.00. The Morgan fingerprint density at radius 3 is 2.41 bits per heavy atom. The molecule has 2 rings (SSSR count). The maximum Gasteiger partial charge on any atom is 0.0531 e. The highest BCUT2D eigenvalue weighted by molar-refractivity contribution is 7.80. The predicted octanol–water partition coefficient (Wildman–Crippen LogP) is 2.11. The topological polar surface area (TPSA) is 55.4 Å². The van der Waals surface area contributed by atoms with Crippen molar-refractivity contribution in [3.63, 3.8) is 0 Å². The lowest BCUT2D eigenvalue weighted by Gasteiger charge is -2.17. The first-order chi connectivity index (χ1) is 8.09. The number of anilines is 2. The normalized spacial score (nSPS) is 12.4. The number of hydrogen-bond acceptors (Lipinski definition) is 3. The monoisotopic (exact) mass is 249 g/mol. The summed E-state index contributed by atoms with van der Waals surface area (Å²) in [6.07, 6.45) is 0. The number of benzene rings is 2. The molecule has 17 heavy (non-hydrogen) atoms. The third-order valence-corrected chi connectivity index (χ3v) is 2.96. The van der Waals surface area contributed by atoms with Gasteiger partial charge in [-0.3, -0.25) is 4.21 Å². The molecule has 0 aromatic heterocycles. The maximum atomic E-state index is 10.7. The summed E-state index contributed by atoms with van der Waals surface area (Å²) in [5.74, 6) is 0. The van der Waals surface area contributed by atoms with E-state index < -0.39 is 11.3 Å². The maximum absolute atomic E-state index is 10.7. The smallest absolute Gasteiger partial charge is 0.0531 e. The minimum Gasteiger partial charge on any atom is -0.755 e. The second-order valence-electron chi connectivity index (χ2n) is 3.91. The molecule has 1 atom stereocenters. The highest BCUT2D eigenvalue weighted by Gasteiger charge is 2.05. The summed E-state index contributed by atoms with van der Waals surface area (Å²) in [6.45, 7) is 0. The first-order valence-electron chi connectivity index (χ1n) is 5.14. The summed E-state index contributed by atoms with van der Waals surface area (Å²) in [6, 6.07) is 11.4. The highest BCUT2D eigenvalue weighted by Crippen LogP contribution is 2.30. The van der Waals surface area contributed by atoms with Gasteiger partial charge in [0.25, 0.3) is 0 Å². The first kappa shape index (κ1) is 11.9. The van der Waals surface area contributed by atoms with Crippen LogP contribution < -0.4 is 9.62 Å². The summed E-state index contributed by atoms with van der Waals surface area (Å²) in [5, 5.41) is 1.91. The van der Waals surface area contributed by atoms with Crippen LogP contribution in [0.25, 0.3) is 10.8 Å². The van der Waals surface area contributed by atoms with Gasteiger partial charge >= 0.3 is 0 Å². The molecule has 0 saturated carbocycles. The van der Waals surface area contributed by atoms with E-state index in [0.717, 1.165) is 16.5 Å². The van der Waals surface area contributed by atoms with Crippen LogP contribution in [0, 0.1) is 0 Å². The van der Waals surface area contributed by atoms with Gasteiger partial charge in [-0.05, 0) is 12.1 Å². The summed E-state index contributed by atoms with van der Waals surface area (Å²) >= 11 is -2.30. The lowest BCUT2D eigenvalue weighted by atomic mass is 10.1. The van der Waals surface area contributed by atoms with Crippen molar-refractivity contribution in [1.29, 1.82) is 0 Å². The Balaban J connectivity index is 2.65. The fourth-order valence-corrected chi connectivity index (χ4v) is 2.22. The molecule has 2 aromatic rings. The summed E-state index contributed by atoms with van der Waals surface area (Å²) < 4.78 is 23.8. The fourth-order valence-electron chi connectivity index (χ4n) is 1.86. The van der Waals surface area contributed by atoms with Crippen molar-refractivity contribution < 1.29 is 8.76 Å². The van der Waals surface area contributed by atoms with Crippen LogP contribution in [0.2, 0.25) is 0 Å². The number of nitrogens with one attached hydrogen (secondary N) is 1. The minimum atomic E-state index is -2.30. The predicted molar refractivity (Wildman–Crippen MR) is 70.8 cm³/mol. The molecular formula is C12H13N2O2S-. The van der Waals surface area contributed by atoms with Gasteiger partial charge in [-0.1, -0.05) is 24.3 Å². The summed E-state index contributed by atoms with van der Waals surface area (Å²) in [7, 11) is 3.92. The Hall–Kier alpha value is -1.59. The van der Waals surface area contributed by atoms with Crippen LogP contribution in [-0.4, -0.2) is 22.9 Å².